The Morgan fingerprint density at radius 1 is 1.50 bits per heavy atom. The van der Waals surface area contributed by atoms with Gasteiger partial charge >= 0.3 is 0 Å². The van der Waals surface area contributed by atoms with Crippen LogP contribution in [0, 0.1) is 11.8 Å². The molecule has 1 amide bonds. The van der Waals surface area contributed by atoms with Gasteiger partial charge in [-0.15, -0.1) is 0 Å². The maximum absolute atomic E-state index is 11.3. The van der Waals surface area contributed by atoms with Crippen molar-refractivity contribution >= 4 is 5.91 Å². The lowest BCUT2D eigenvalue weighted by Gasteiger charge is -2.26. The summed E-state index contributed by atoms with van der Waals surface area (Å²) >= 11 is 0. The Balaban J connectivity index is 2.39. The van der Waals surface area contributed by atoms with Crippen LogP contribution in [0.1, 0.15) is 19.8 Å². The summed E-state index contributed by atoms with van der Waals surface area (Å²) < 4.78 is 0. The highest BCUT2D eigenvalue weighted by Gasteiger charge is 2.24. The molecule has 3 nitrogen and oxygen atoms in total. The van der Waals surface area contributed by atoms with Gasteiger partial charge in [-0.3, -0.25) is 4.79 Å². The zero-order chi connectivity index (χ0) is 8.97. The zero-order valence-corrected chi connectivity index (χ0v) is 7.89. The van der Waals surface area contributed by atoms with Gasteiger partial charge in [-0.1, -0.05) is 6.92 Å². The molecule has 1 atom stereocenters. The number of hydrogen-bond donors (Lipinski definition) is 2. The Labute approximate surface area is 73.9 Å². The SMILES string of the molecule is CNC(=O)C(C)C1CCNCC1. The molecule has 0 bridgehead atoms. The lowest BCUT2D eigenvalue weighted by Crippen LogP contribution is -2.37. The lowest BCUT2D eigenvalue weighted by molar-refractivity contribution is -0.125. The zero-order valence-electron chi connectivity index (χ0n) is 7.89. The summed E-state index contributed by atoms with van der Waals surface area (Å²) in [7, 11) is 1.71. The molecule has 0 aromatic rings. The van der Waals surface area contributed by atoms with Crippen LogP contribution >= 0.6 is 0 Å². The van der Waals surface area contributed by atoms with Gasteiger partial charge in [0, 0.05) is 13.0 Å². The van der Waals surface area contributed by atoms with Gasteiger partial charge in [0.15, 0.2) is 0 Å². The van der Waals surface area contributed by atoms with Crippen molar-refractivity contribution in [1.29, 1.82) is 0 Å². The van der Waals surface area contributed by atoms with Gasteiger partial charge in [-0.05, 0) is 31.8 Å². The summed E-state index contributed by atoms with van der Waals surface area (Å²) in [6, 6.07) is 0. The molecule has 1 aliphatic heterocycles. The van der Waals surface area contributed by atoms with Gasteiger partial charge in [-0.2, -0.15) is 0 Å². The van der Waals surface area contributed by atoms with E-state index in [0.717, 1.165) is 25.9 Å². The molecule has 1 aliphatic rings. The first-order valence-electron chi connectivity index (χ1n) is 4.68. The first kappa shape index (κ1) is 9.52. The van der Waals surface area contributed by atoms with Crippen molar-refractivity contribution in [2.24, 2.45) is 11.8 Å². The normalized spacial score (nSPS) is 21.8. The Hall–Kier alpha value is -0.570. The molecule has 1 unspecified atom stereocenters. The van der Waals surface area contributed by atoms with E-state index in [2.05, 4.69) is 10.6 Å². The van der Waals surface area contributed by atoms with E-state index >= 15 is 0 Å². The van der Waals surface area contributed by atoms with Crippen molar-refractivity contribution in [2.75, 3.05) is 20.1 Å². The maximum atomic E-state index is 11.3. The standard InChI is InChI=1S/C9H18N2O/c1-7(9(12)10-2)8-3-5-11-6-4-8/h7-8,11H,3-6H2,1-2H3,(H,10,12). The largest absolute Gasteiger partial charge is 0.359 e. The first-order chi connectivity index (χ1) is 5.75. The third-order valence-electron chi connectivity index (χ3n) is 2.75. The van der Waals surface area contributed by atoms with Gasteiger partial charge in [0.05, 0.1) is 0 Å². The van der Waals surface area contributed by atoms with Gasteiger partial charge < -0.3 is 10.6 Å². The number of hydrogen-bond acceptors (Lipinski definition) is 2. The Bertz CT molecular complexity index is 153. The molecule has 0 aliphatic carbocycles. The number of amides is 1. The fourth-order valence-corrected chi connectivity index (χ4v) is 1.79. The molecule has 2 N–H and O–H groups in total. The van der Waals surface area contributed by atoms with Gasteiger partial charge in [-0.25, -0.2) is 0 Å². The van der Waals surface area contributed by atoms with Crippen LogP contribution in [0.4, 0.5) is 0 Å². The van der Waals surface area contributed by atoms with E-state index in [4.69, 9.17) is 0 Å². The predicted octanol–water partition coefficient (Wildman–Crippen LogP) is 0.368. The molecule has 0 saturated carbocycles. The lowest BCUT2D eigenvalue weighted by atomic mass is 9.85. The average molecular weight is 170 g/mol. The van der Waals surface area contributed by atoms with E-state index < -0.39 is 0 Å². The Morgan fingerprint density at radius 2 is 2.08 bits per heavy atom. The topological polar surface area (TPSA) is 41.1 Å². The highest BCUT2D eigenvalue weighted by atomic mass is 16.1. The molecule has 1 heterocycles. The van der Waals surface area contributed by atoms with E-state index in [1.54, 1.807) is 7.05 Å². The van der Waals surface area contributed by atoms with E-state index in [1.807, 2.05) is 6.92 Å². The minimum atomic E-state index is 0.178. The van der Waals surface area contributed by atoms with E-state index in [0.29, 0.717) is 5.92 Å². The quantitative estimate of drug-likeness (QED) is 0.628. The molecule has 1 fully saturated rings. The smallest absolute Gasteiger partial charge is 0.222 e. The predicted molar refractivity (Wildman–Crippen MR) is 48.8 cm³/mol. The van der Waals surface area contributed by atoms with Crippen LogP contribution in [0.3, 0.4) is 0 Å². The molecule has 0 spiro atoms. The van der Waals surface area contributed by atoms with E-state index in [1.165, 1.54) is 0 Å². The molecule has 1 saturated heterocycles. The van der Waals surface area contributed by atoms with Crippen LogP contribution in [-0.2, 0) is 4.79 Å². The summed E-state index contributed by atoms with van der Waals surface area (Å²) in [6.45, 7) is 4.15. The second-order valence-electron chi connectivity index (χ2n) is 3.49. The Morgan fingerprint density at radius 3 is 2.58 bits per heavy atom. The molecule has 12 heavy (non-hydrogen) atoms. The van der Waals surface area contributed by atoms with Crippen LogP contribution in [0.5, 0.6) is 0 Å². The summed E-state index contributed by atoms with van der Waals surface area (Å²) in [5.74, 6) is 0.935. The maximum Gasteiger partial charge on any atom is 0.222 e. The minimum Gasteiger partial charge on any atom is -0.359 e. The highest BCUT2D eigenvalue weighted by Crippen LogP contribution is 2.21. The molecule has 0 aromatic carbocycles. The molecule has 70 valence electrons. The van der Waals surface area contributed by atoms with Crippen molar-refractivity contribution in [2.45, 2.75) is 19.8 Å². The van der Waals surface area contributed by atoms with Crippen LogP contribution in [-0.4, -0.2) is 26.0 Å². The number of carbonyl (C=O) groups excluding carboxylic acids is 1. The van der Waals surface area contributed by atoms with Crippen molar-refractivity contribution in [3.63, 3.8) is 0 Å². The summed E-state index contributed by atoms with van der Waals surface area (Å²) in [5.41, 5.74) is 0. The fraction of sp³-hybridized carbons (Fsp3) is 0.889. The van der Waals surface area contributed by atoms with Crippen LogP contribution in [0.25, 0.3) is 0 Å². The fourth-order valence-electron chi connectivity index (χ4n) is 1.79. The second kappa shape index (κ2) is 4.45. The number of nitrogens with one attached hydrogen (secondary N) is 2. The van der Waals surface area contributed by atoms with Crippen molar-refractivity contribution < 1.29 is 4.79 Å². The first-order valence-corrected chi connectivity index (χ1v) is 4.68. The van der Waals surface area contributed by atoms with Crippen molar-refractivity contribution in [3.05, 3.63) is 0 Å². The average Bonchev–Trinajstić information content (AvgIpc) is 2.17. The highest BCUT2D eigenvalue weighted by molar-refractivity contribution is 5.78. The van der Waals surface area contributed by atoms with Gasteiger partial charge in [0.25, 0.3) is 0 Å². The van der Waals surface area contributed by atoms with E-state index in [-0.39, 0.29) is 11.8 Å². The Kier molecular flexibility index (Phi) is 3.53. The number of carbonyl (C=O) groups is 1. The number of piperidine rings is 1. The molecule has 0 radical (unpaired) electrons. The van der Waals surface area contributed by atoms with Crippen LogP contribution < -0.4 is 10.6 Å². The van der Waals surface area contributed by atoms with Crippen LogP contribution in [0.15, 0.2) is 0 Å². The third-order valence-corrected chi connectivity index (χ3v) is 2.75. The minimum absolute atomic E-state index is 0.178. The molecule has 3 heteroatoms. The van der Waals surface area contributed by atoms with Crippen LogP contribution in [0.2, 0.25) is 0 Å². The number of rotatable bonds is 2. The summed E-state index contributed by atoms with van der Waals surface area (Å²) in [5, 5.41) is 6.00. The van der Waals surface area contributed by atoms with Gasteiger partial charge in [0.2, 0.25) is 5.91 Å². The van der Waals surface area contributed by atoms with Crippen molar-refractivity contribution in [1.82, 2.24) is 10.6 Å². The monoisotopic (exact) mass is 170 g/mol. The van der Waals surface area contributed by atoms with Crippen molar-refractivity contribution in [3.8, 4) is 0 Å². The molecular formula is C9H18N2O. The second-order valence-corrected chi connectivity index (χ2v) is 3.49. The van der Waals surface area contributed by atoms with Gasteiger partial charge in [0.1, 0.15) is 0 Å². The summed E-state index contributed by atoms with van der Waals surface area (Å²) in [6.07, 6.45) is 2.27. The molecular weight excluding hydrogens is 152 g/mol. The summed E-state index contributed by atoms with van der Waals surface area (Å²) in [4.78, 5) is 11.3. The third kappa shape index (κ3) is 2.21. The van der Waals surface area contributed by atoms with E-state index in [9.17, 15) is 4.79 Å². The molecule has 0 aromatic heterocycles. The molecule has 1 rings (SSSR count).